The Morgan fingerprint density at radius 1 is 1.00 bits per heavy atom. The second kappa shape index (κ2) is 4.93. The minimum atomic E-state index is -0.0279. The van der Waals surface area contributed by atoms with Crippen molar-refractivity contribution >= 4 is 11.8 Å². The predicted octanol–water partition coefficient (Wildman–Crippen LogP) is 4.94. The number of hydrogen-bond acceptors (Lipinski definition) is 1. The molecule has 1 heteroatoms. The van der Waals surface area contributed by atoms with Gasteiger partial charge in [-0.05, 0) is 44.1 Å². The van der Waals surface area contributed by atoms with Gasteiger partial charge >= 0.3 is 0 Å². The molecule has 1 aliphatic heterocycles. The van der Waals surface area contributed by atoms with Crippen LogP contribution >= 0.6 is 0 Å². The highest BCUT2D eigenvalue weighted by Gasteiger charge is 2.27. The summed E-state index contributed by atoms with van der Waals surface area (Å²) in [6.07, 6.45) is 8.04. The summed E-state index contributed by atoms with van der Waals surface area (Å²) in [7, 11) is 0. The molecule has 1 aliphatic rings. The van der Waals surface area contributed by atoms with Gasteiger partial charge in [-0.2, -0.15) is 0 Å². The van der Waals surface area contributed by atoms with E-state index in [1.54, 1.807) is 0 Å². The number of anilines is 1. The summed E-state index contributed by atoms with van der Waals surface area (Å²) in [6.45, 7) is 14.5. The van der Waals surface area contributed by atoms with Crippen LogP contribution in [0.5, 0.6) is 0 Å². The molecule has 2 rings (SSSR count). The summed E-state index contributed by atoms with van der Waals surface area (Å²) in [5.41, 5.74) is 4.59. The lowest BCUT2D eigenvalue weighted by atomic mass is 10.0. The first kappa shape index (κ1) is 13.4. The maximum atomic E-state index is 3.98. The Bertz CT molecular complexity index is 568. The van der Waals surface area contributed by atoms with Crippen LogP contribution in [-0.4, -0.2) is 5.54 Å². The molecule has 0 amide bonds. The van der Waals surface area contributed by atoms with Crippen molar-refractivity contribution in [2.75, 3.05) is 4.90 Å². The lowest BCUT2D eigenvalue weighted by molar-refractivity contribution is 0.545. The molecule has 0 aliphatic carbocycles. The largest absolute Gasteiger partial charge is 0.335 e. The van der Waals surface area contributed by atoms with Gasteiger partial charge in [-0.1, -0.05) is 49.6 Å². The van der Waals surface area contributed by atoms with Crippen molar-refractivity contribution in [3.63, 3.8) is 0 Å². The van der Waals surface area contributed by atoms with Crippen LogP contribution in [0.2, 0.25) is 0 Å². The van der Waals surface area contributed by atoms with E-state index < -0.39 is 0 Å². The van der Waals surface area contributed by atoms with E-state index in [2.05, 4.69) is 75.2 Å². The first-order valence-corrected chi connectivity index (χ1v) is 6.55. The SMILES string of the molecule is C=CC1=C(C=C)N(C(C)(C)C)c2ccccc2C=C1. The van der Waals surface area contributed by atoms with E-state index in [4.69, 9.17) is 0 Å². The van der Waals surface area contributed by atoms with Gasteiger partial charge in [0.2, 0.25) is 0 Å². The van der Waals surface area contributed by atoms with Gasteiger partial charge in [-0.25, -0.2) is 0 Å². The molecule has 0 atom stereocenters. The maximum Gasteiger partial charge on any atom is 0.0489 e. The molecule has 1 nitrogen and oxygen atoms in total. The fourth-order valence-corrected chi connectivity index (χ4v) is 2.46. The zero-order valence-corrected chi connectivity index (χ0v) is 12.0. The Morgan fingerprint density at radius 2 is 1.68 bits per heavy atom. The number of allylic oxidation sites excluding steroid dienone is 4. The standard InChI is InChI=1S/C18H21N/c1-6-14-12-13-15-10-8-9-11-17(15)19(16(14)7-2)18(3,4)5/h6-13H,1-2H2,3-5H3. The molecular formula is C18H21N. The van der Waals surface area contributed by atoms with Crippen LogP contribution in [0.3, 0.4) is 0 Å². The molecule has 0 aromatic heterocycles. The number of para-hydroxylation sites is 1. The average molecular weight is 251 g/mol. The van der Waals surface area contributed by atoms with Crippen LogP contribution in [0.4, 0.5) is 5.69 Å². The van der Waals surface area contributed by atoms with Crippen molar-refractivity contribution in [1.29, 1.82) is 0 Å². The molecule has 1 aromatic carbocycles. The fourth-order valence-electron chi connectivity index (χ4n) is 2.46. The number of fused-ring (bicyclic) bond motifs is 1. The molecule has 98 valence electrons. The van der Waals surface area contributed by atoms with Gasteiger partial charge < -0.3 is 4.90 Å². The van der Waals surface area contributed by atoms with Crippen molar-refractivity contribution in [2.45, 2.75) is 26.3 Å². The second-order valence-electron chi connectivity index (χ2n) is 5.65. The van der Waals surface area contributed by atoms with Gasteiger partial charge in [-0.15, -0.1) is 0 Å². The molecule has 0 saturated heterocycles. The zero-order chi connectivity index (χ0) is 14.0. The number of nitrogens with zero attached hydrogens (tertiary/aromatic N) is 1. The van der Waals surface area contributed by atoms with Crippen LogP contribution in [0, 0.1) is 0 Å². The van der Waals surface area contributed by atoms with E-state index in [0.717, 1.165) is 11.3 Å². The topological polar surface area (TPSA) is 3.24 Å². The Labute approximate surface area is 116 Å². The lowest BCUT2D eigenvalue weighted by Crippen LogP contribution is -2.41. The van der Waals surface area contributed by atoms with Crippen LogP contribution in [0.15, 0.2) is 66.9 Å². The van der Waals surface area contributed by atoms with E-state index >= 15 is 0 Å². The highest BCUT2D eigenvalue weighted by Crippen LogP contribution is 2.36. The van der Waals surface area contributed by atoms with E-state index in [9.17, 15) is 0 Å². The molecule has 0 unspecified atom stereocenters. The molecule has 1 heterocycles. The molecule has 0 spiro atoms. The van der Waals surface area contributed by atoms with Gasteiger partial charge in [-0.3, -0.25) is 0 Å². The Balaban J connectivity index is 2.76. The first-order valence-electron chi connectivity index (χ1n) is 6.55. The summed E-state index contributed by atoms with van der Waals surface area (Å²) in [4.78, 5) is 2.33. The second-order valence-corrected chi connectivity index (χ2v) is 5.65. The van der Waals surface area contributed by atoms with E-state index in [0.29, 0.717) is 0 Å². The molecule has 19 heavy (non-hydrogen) atoms. The minimum Gasteiger partial charge on any atom is -0.335 e. The molecule has 0 bridgehead atoms. The van der Waals surface area contributed by atoms with Gasteiger partial charge in [0.15, 0.2) is 0 Å². The molecule has 1 aromatic rings. The molecule has 0 N–H and O–H groups in total. The van der Waals surface area contributed by atoms with Crippen LogP contribution in [0.25, 0.3) is 6.08 Å². The maximum absolute atomic E-state index is 3.98. The van der Waals surface area contributed by atoms with Gasteiger partial charge in [0.25, 0.3) is 0 Å². The Morgan fingerprint density at radius 3 is 2.26 bits per heavy atom. The van der Waals surface area contributed by atoms with Crippen molar-refractivity contribution in [3.05, 3.63) is 72.5 Å². The molecular weight excluding hydrogens is 230 g/mol. The smallest absolute Gasteiger partial charge is 0.0489 e. The summed E-state index contributed by atoms with van der Waals surface area (Å²) in [5.74, 6) is 0. The molecule has 0 saturated carbocycles. The van der Waals surface area contributed by atoms with Gasteiger partial charge in [0.05, 0.1) is 0 Å². The van der Waals surface area contributed by atoms with Crippen molar-refractivity contribution in [1.82, 2.24) is 0 Å². The third kappa shape index (κ3) is 2.41. The van der Waals surface area contributed by atoms with Gasteiger partial charge in [0.1, 0.15) is 0 Å². The zero-order valence-electron chi connectivity index (χ0n) is 12.0. The van der Waals surface area contributed by atoms with Crippen molar-refractivity contribution in [2.24, 2.45) is 0 Å². The molecule has 0 fully saturated rings. The number of hydrogen-bond donors (Lipinski definition) is 0. The quantitative estimate of drug-likeness (QED) is 0.719. The monoisotopic (exact) mass is 251 g/mol. The van der Waals surface area contributed by atoms with Crippen molar-refractivity contribution in [3.8, 4) is 0 Å². The first-order chi connectivity index (χ1) is 8.99. The summed E-state index contributed by atoms with van der Waals surface area (Å²) < 4.78 is 0. The van der Waals surface area contributed by atoms with Crippen LogP contribution in [-0.2, 0) is 0 Å². The predicted molar refractivity (Wildman–Crippen MR) is 85.1 cm³/mol. The van der Waals surface area contributed by atoms with E-state index in [-0.39, 0.29) is 5.54 Å². The molecule has 0 radical (unpaired) electrons. The van der Waals surface area contributed by atoms with E-state index in [1.165, 1.54) is 11.3 Å². The highest BCUT2D eigenvalue weighted by molar-refractivity contribution is 5.76. The lowest BCUT2D eigenvalue weighted by Gasteiger charge is -2.39. The van der Waals surface area contributed by atoms with Crippen molar-refractivity contribution < 1.29 is 0 Å². The average Bonchev–Trinajstić information content (AvgIpc) is 2.53. The minimum absolute atomic E-state index is 0.0279. The number of benzene rings is 1. The number of rotatable bonds is 2. The van der Waals surface area contributed by atoms with Crippen LogP contribution in [0.1, 0.15) is 26.3 Å². The fraction of sp³-hybridized carbons (Fsp3) is 0.222. The van der Waals surface area contributed by atoms with E-state index in [1.807, 2.05) is 12.2 Å². The Hall–Kier alpha value is -2.02. The normalized spacial score (nSPS) is 15.0. The summed E-state index contributed by atoms with van der Waals surface area (Å²) >= 11 is 0. The summed E-state index contributed by atoms with van der Waals surface area (Å²) in [5, 5.41) is 0. The highest BCUT2D eigenvalue weighted by atomic mass is 15.2. The third-order valence-electron chi connectivity index (χ3n) is 3.24. The third-order valence-corrected chi connectivity index (χ3v) is 3.24. The summed E-state index contributed by atoms with van der Waals surface area (Å²) in [6, 6.07) is 8.43. The Kier molecular flexibility index (Phi) is 3.48. The van der Waals surface area contributed by atoms with Gasteiger partial charge in [0, 0.05) is 16.9 Å². The van der Waals surface area contributed by atoms with Crippen LogP contribution < -0.4 is 4.90 Å².